The van der Waals surface area contributed by atoms with E-state index in [0.29, 0.717) is 13.0 Å². The minimum atomic E-state index is -0.189. The van der Waals surface area contributed by atoms with E-state index < -0.39 is 0 Å². The molecule has 0 radical (unpaired) electrons. The fraction of sp³-hybridized carbons (Fsp3) is 0.304. The zero-order valence-corrected chi connectivity index (χ0v) is 15.8. The van der Waals surface area contributed by atoms with Gasteiger partial charge in [-0.25, -0.2) is 0 Å². The summed E-state index contributed by atoms with van der Waals surface area (Å²) in [6.07, 6.45) is 5.19. The molecule has 0 saturated carbocycles. The molecule has 4 nitrogen and oxygen atoms in total. The van der Waals surface area contributed by atoms with Gasteiger partial charge in [0.15, 0.2) is 0 Å². The van der Waals surface area contributed by atoms with Gasteiger partial charge < -0.3 is 10.6 Å². The largest absolute Gasteiger partial charge is 0.352 e. The highest BCUT2D eigenvalue weighted by molar-refractivity contribution is 5.87. The standard InChI is InChI=1S/C23H26N2O2/c1-3-22(26)25-16(2)19-10-7-17(8-11-19)15-24-23(27)14-18-9-12-20-5-4-6-21(20)13-18/h3,7-13,16H,1,4-6,14-15H2,2H3,(H,24,27)(H,25,26). The molecule has 0 aromatic heterocycles. The van der Waals surface area contributed by atoms with Crippen LogP contribution in [-0.2, 0) is 35.4 Å². The number of aryl methyl sites for hydroxylation is 2. The Balaban J connectivity index is 1.50. The number of hydrogen-bond acceptors (Lipinski definition) is 2. The first-order valence-electron chi connectivity index (χ1n) is 9.44. The first-order valence-corrected chi connectivity index (χ1v) is 9.44. The summed E-state index contributed by atoms with van der Waals surface area (Å²) in [5.41, 5.74) is 5.95. The average Bonchev–Trinajstić information content (AvgIpc) is 3.14. The second-order valence-corrected chi connectivity index (χ2v) is 7.09. The Kier molecular flexibility index (Phi) is 6.07. The van der Waals surface area contributed by atoms with Gasteiger partial charge in [0.2, 0.25) is 11.8 Å². The van der Waals surface area contributed by atoms with Crippen LogP contribution in [0.3, 0.4) is 0 Å². The molecule has 0 bridgehead atoms. The van der Waals surface area contributed by atoms with Crippen LogP contribution in [0.5, 0.6) is 0 Å². The summed E-state index contributed by atoms with van der Waals surface area (Å²) in [5.74, 6) is -0.158. The van der Waals surface area contributed by atoms with E-state index in [0.717, 1.165) is 29.5 Å². The monoisotopic (exact) mass is 362 g/mol. The summed E-state index contributed by atoms with van der Waals surface area (Å²) >= 11 is 0. The molecule has 4 heteroatoms. The van der Waals surface area contributed by atoms with E-state index in [9.17, 15) is 9.59 Å². The molecule has 1 unspecified atom stereocenters. The smallest absolute Gasteiger partial charge is 0.243 e. The molecular weight excluding hydrogens is 336 g/mol. The highest BCUT2D eigenvalue weighted by atomic mass is 16.2. The molecule has 3 rings (SSSR count). The van der Waals surface area contributed by atoms with Gasteiger partial charge in [-0.15, -0.1) is 0 Å². The Hall–Kier alpha value is -2.88. The maximum Gasteiger partial charge on any atom is 0.243 e. The summed E-state index contributed by atoms with van der Waals surface area (Å²) in [5, 5.41) is 5.82. The summed E-state index contributed by atoms with van der Waals surface area (Å²) in [4.78, 5) is 23.6. The van der Waals surface area contributed by atoms with E-state index in [-0.39, 0.29) is 17.9 Å². The molecule has 27 heavy (non-hydrogen) atoms. The Morgan fingerprint density at radius 1 is 1.07 bits per heavy atom. The predicted octanol–water partition coefficient (Wildman–Crippen LogP) is 3.40. The molecule has 2 amide bonds. The fourth-order valence-corrected chi connectivity index (χ4v) is 3.46. The van der Waals surface area contributed by atoms with Crippen LogP contribution in [-0.4, -0.2) is 11.8 Å². The van der Waals surface area contributed by atoms with E-state index in [1.807, 2.05) is 31.2 Å². The van der Waals surface area contributed by atoms with Gasteiger partial charge in [0.05, 0.1) is 12.5 Å². The van der Waals surface area contributed by atoms with Crippen molar-refractivity contribution < 1.29 is 9.59 Å². The van der Waals surface area contributed by atoms with Gasteiger partial charge in [-0.3, -0.25) is 9.59 Å². The van der Waals surface area contributed by atoms with Crippen LogP contribution >= 0.6 is 0 Å². The lowest BCUT2D eigenvalue weighted by atomic mass is 10.0. The number of carbonyl (C=O) groups is 2. The number of amides is 2. The summed E-state index contributed by atoms with van der Waals surface area (Å²) < 4.78 is 0. The third-order valence-electron chi connectivity index (χ3n) is 5.04. The van der Waals surface area contributed by atoms with Gasteiger partial charge in [-0.1, -0.05) is 49.0 Å². The highest BCUT2D eigenvalue weighted by Crippen LogP contribution is 2.23. The van der Waals surface area contributed by atoms with E-state index in [2.05, 4.69) is 35.4 Å². The minimum Gasteiger partial charge on any atom is -0.352 e. The van der Waals surface area contributed by atoms with Crippen LogP contribution in [0.4, 0.5) is 0 Å². The van der Waals surface area contributed by atoms with Crippen LogP contribution in [0, 0.1) is 0 Å². The second kappa shape index (κ2) is 8.67. The van der Waals surface area contributed by atoms with Gasteiger partial charge in [0, 0.05) is 6.54 Å². The number of fused-ring (bicyclic) bond motifs is 1. The zero-order valence-electron chi connectivity index (χ0n) is 15.8. The SMILES string of the molecule is C=CC(=O)NC(C)c1ccc(CNC(=O)Cc2ccc3c(c2)CCC3)cc1. The molecule has 2 aromatic carbocycles. The molecule has 0 aliphatic heterocycles. The average molecular weight is 362 g/mol. The number of nitrogens with one attached hydrogen (secondary N) is 2. The Labute approximate surface area is 160 Å². The molecule has 0 spiro atoms. The molecule has 0 saturated heterocycles. The van der Waals surface area contributed by atoms with Crippen LogP contribution < -0.4 is 10.6 Å². The molecule has 1 atom stereocenters. The summed E-state index contributed by atoms with van der Waals surface area (Å²) in [6.45, 7) is 5.88. The van der Waals surface area contributed by atoms with E-state index >= 15 is 0 Å². The minimum absolute atomic E-state index is 0.0311. The lowest BCUT2D eigenvalue weighted by molar-refractivity contribution is -0.120. The van der Waals surface area contributed by atoms with Crippen LogP contribution in [0.15, 0.2) is 55.1 Å². The summed E-state index contributed by atoms with van der Waals surface area (Å²) in [7, 11) is 0. The number of hydrogen-bond donors (Lipinski definition) is 2. The van der Waals surface area contributed by atoms with Crippen molar-refractivity contribution in [2.24, 2.45) is 0 Å². The van der Waals surface area contributed by atoms with Crippen molar-refractivity contribution in [2.45, 2.75) is 45.2 Å². The van der Waals surface area contributed by atoms with E-state index in [1.165, 1.54) is 23.6 Å². The van der Waals surface area contributed by atoms with Crippen molar-refractivity contribution in [3.05, 3.63) is 82.9 Å². The highest BCUT2D eigenvalue weighted by Gasteiger charge is 2.12. The van der Waals surface area contributed by atoms with Gasteiger partial charge in [0.1, 0.15) is 0 Å². The number of benzene rings is 2. The quantitative estimate of drug-likeness (QED) is 0.742. The molecule has 2 N–H and O–H groups in total. The van der Waals surface area contributed by atoms with Crippen molar-refractivity contribution in [3.63, 3.8) is 0 Å². The van der Waals surface area contributed by atoms with Crippen LogP contribution in [0.25, 0.3) is 0 Å². The van der Waals surface area contributed by atoms with Gasteiger partial charge in [0.25, 0.3) is 0 Å². The molecule has 0 heterocycles. The first kappa shape index (κ1) is 18.9. The van der Waals surface area contributed by atoms with Gasteiger partial charge in [-0.2, -0.15) is 0 Å². The zero-order chi connectivity index (χ0) is 19.2. The molecule has 0 fully saturated rings. The predicted molar refractivity (Wildman–Crippen MR) is 107 cm³/mol. The maximum atomic E-state index is 12.2. The first-order chi connectivity index (χ1) is 13.0. The van der Waals surface area contributed by atoms with Crippen molar-refractivity contribution in [1.82, 2.24) is 10.6 Å². The Morgan fingerprint density at radius 2 is 1.78 bits per heavy atom. The van der Waals surface area contributed by atoms with Crippen molar-refractivity contribution >= 4 is 11.8 Å². The molecular formula is C23H26N2O2. The Morgan fingerprint density at radius 3 is 2.52 bits per heavy atom. The second-order valence-electron chi connectivity index (χ2n) is 7.09. The lowest BCUT2D eigenvalue weighted by Crippen LogP contribution is -2.25. The number of carbonyl (C=O) groups excluding carboxylic acids is 2. The third kappa shape index (κ3) is 5.07. The van der Waals surface area contributed by atoms with Crippen molar-refractivity contribution in [3.8, 4) is 0 Å². The fourth-order valence-electron chi connectivity index (χ4n) is 3.46. The Bertz CT molecular complexity index is 840. The van der Waals surface area contributed by atoms with Gasteiger partial charge >= 0.3 is 0 Å². The van der Waals surface area contributed by atoms with E-state index in [1.54, 1.807) is 0 Å². The van der Waals surface area contributed by atoms with Crippen molar-refractivity contribution in [1.29, 1.82) is 0 Å². The lowest BCUT2D eigenvalue weighted by Gasteiger charge is -2.13. The normalized spacial score (nSPS) is 13.5. The van der Waals surface area contributed by atoms with Gasteiger partial charge in [-0.05, 0) is 60.1 Å². The van der Waals surface area contributed by atoms with Crippen molar-refractivity contribution in [2.75, 3.05) is 0 Å². The third-order valence-corrected chi connectivity index (χ3v) is 5.04. The summed E-state index contributed by atoms with van der Waals surface area (Å²) in [6, 6.07) is 14.2. The molecule has 1 aliphatic rings. The number of rotatable bonds is 7. The van der Waals surface area contributed by atoms with Crippen LogP contribution in [0.2, 0.25) is 0 Å². The topological polar surface area (TPSA) is 58.2 Å². The van der Waals surface area contributed by atoms with Crippen LogP contribution in [0.1, 0.15) is 47.2 Å². The molecule has 140 valence electrons. The molecule has 2 aromatic rings. The maximum absolute atomic E-state index is 12.2. The van der Waals surface area contributed by atoms with E-state index in [4.69, 9.17) is 0 Å². The molecule has 1 aliphatic carbocycles.